The van der Waals surface area contributed by atoms with E-state index < -0.39 is 10.9 Å². The number of nitro groups is 1. The number of carbonyl (C=O) groups is 2. The first-order chi connectivity index (χ1) is 13.3. The first kappa shape index (κ1) is 21.7. The lowest BCUT2D eigenvalue weighted by Crippen LogP contribution is -2.44. The summed E-state index contributed by atoms with van der Waals surface area (Å²) in [4.78, 5) is 39.3. The molecule has 1 aliphatic rings. The third kappa shape index (κ3) is 5.21. The molecular formula is C20H29N3O5. The van der Waals surface area contributed by atoms with Crippen LogP contribution in [0.3, 0.4) is 0 Å². The zero-order valence-electron chi connectivity index (χ0n) is 17.0. The van der Waals surface area contributed by atoms with E-state index in [0.717, 1.165) is 6.42 Å². The summed E-state index contributed by atoms with van der Waals surface area (Å²) < 4.78 is 5.25. The van der Waals surface area contributed by atoms with E-state index in [2.05, 4.69) is 13.8 Å². The Hall–Kier alpha value is -2.64. The first-order valence-corrected chi connectivity index (χ1v) is 9.75. The minimum absolute atomic E-state index is 0.103. The Morgan fingerprint density at radius 3 is 2.36 bits per heavy atom. The zero-order chi connectivity index (χ0) is 20.8. The lowest BCUT2D eigenvalue weighted by Gasteiger charge is -2.34. The van der Waals surface area contributed by atoms with E-state index in [-0.39, 0.29) is 23.8 Å². The summed E-state index contributed by atoms with van der Waals surface area (Å²) in [6, 6.07) is 4.13. The third-order valence-electron chi connectivity index (χ3n) is 5.06. The van der Waals surface area contributed by atoms with Crippen molar-refractivity contribution >= 4 is 23.3 Å². The molecule has 1 fully saturated rings. The highest BCUT2D eigenvalue weighted by molar-refractivity contribution is 5.97. The Morgan fingerprint density at radius 2 is 1.82 bits per heavy atom. The normalized spacial score (nSPS) is 19.2. The smallest absolute Gasteiger partial charge is 0.341 e. The minimum atomic E-state index is -0.725. The number of non-ortho nitro benzene ring substituents is 1. The highest BCUT2D eigenvalue weighted by Gasteiger charge is 2.27. The number of ether oxygens (including phenoxy) is 1. The van der Waals surface area contributed by atoms with Crippen LogP contribution in [0.15, 0.2) is 18.2 Å². The maximum absolute atomic E-state index is 12.7. The van der Waals surface area contributed by atoms with Crippen molar-refractivity contribution in [2.45, 2.75) is 34.1 Å². The van der Waals surface area contributed by atoms with E-state index in [1.807, 2.05) is 18.7 Å². The van der Waals surface area contributed by atoms with Crippen molar-refractivity contribution in [2.75, 3.05) is 37.7 Å². The number of amides is 1. The standard InChI is InChI=1S/C20H29N3O5/c1-5-21(6-2)18-8-7-16(23(26)27)10-17(18)20(25)28-13-19(24)22-11-14(3)9-15(4)12-22/h7-8,10,14-15H,5-6,9,11-13H2,1-4H3/t14-,15-/m1/s1. The number of anilines is 1. The highest BCUT2D eigenvalue weighted by atomic mass is 16.6. The van der Waals surface area contributed by atoms with Crippen LogP contribution in [0.25, 0.3) is 0 Å². The molecule has 0 bridgehead atoms. The Bertz CT molecular complexity index is 723. The highest BCUT2D eigenvalue weighted by Crippen LogP contribution is 2.26. The predicted molar refractivity (Wildman–Crippen MR) is 106 cm³/mol. The topological polar surface area (TPSA) is 93.0 Å². The number of nitro benzene ring substituents is 1. The van der Waals surface area contributed by atoms with Crippen molar-refractivity contribution in [3.63, 3.8) is 0 Å². The van der Waals surface area contributed by atoms with Crippen LogP contribution in [0.1, 0.15) is 44.5 Å². The summed E-state index contributed by atoms with van der Waals surface area (Å²) in [5, 5.41) is 11.1. The molecule has 28 heavy (non-hydrogen) atoms. The molecule has 8 heteroatoms. The summed E-state index contributed by atoms with van der Waals surface area (Å²) in [7, 11) is 0. The van der Waals surface area contributed by atoms with E-state index in [0.29, 0.717) is 43.7 Å². The van der Waals surface area contributed by atoms with Crippen LogP contribution in [0, 0.1) is 22.0 Å². The average molecular weight is 391 g/mol. The van der Waals surface area contributed by atoms with Gasteiger partial charge >= 0.3 is 5.97 Å². The fraction of sp³-hybridized carbons (Fsp3) is 0.600. The fourth-order valence-electron chi connectivity index (χ4n) is 3.80. The molecule has 0 aliphatic carbocycles. The number of rotatable bonds is 7. The van der Waals surface area contributed by atoms with Crippen molar-refractivity contribution in [3.05, 3.63) is 33.9 Å². The van der Waals surface area contributed by atoms with Gasteiger partial charge in [0.15, 0.2) is 6.61 Å². The van der Waals surface area contributed by atoms with Crippen molar-refractivity contribution in [1.82, 2.24) is 4.90 Å². The molecule has 1 aliphatic heterocycles. The number of piperidine rings is 1. The Balaban J connectivity index is 2.14. The molecular weight excluding hydrogens is 362 g/mol. The van der Waals surface area contributed by atoms with Crippen molar-refractivity contribution in [1.29, 1.82) is 0 Å². The van der Waals surface area contributed by atoms with Gasteiger partial charge in [-0.15, -0.1) is 0 Å². The van der Waals surface area contributed by atoms with Gasteiger partial charge in [0.2, 0.25) is 0 Å². The minimum Gasteiger partial charge on any atom is -0.452 e. The maximum atomic E-state index is 12.7. The van der Waals surface area contributed by atoms with Crippen molar-refractivity contribution in [2.24, 2.45) is 11.8 Å². The molecule has 0 radical (unpaired) electrons. The fourth-order valence-corrected chi connectivity index (χ4v) is 3.80. The van der Waals surface area contributed by atoms with Crippen molar-refractivity contribution < 1.29 is 19.2 Å². The van der Waals surface area contributed by atoms with Gasteiger partial charge in [-0.25, -0.2) is 4.79 Å². The monoisotopic (exact) mass is 391 g/mol. The van der Waals surface area contributed by atoms with E-state index in [1.165, 1.54) is 12.1 Å². The summed E-state index contributed by atoms with van der Waals surface area (Å²) in [6.45, 7) is 10.3. The molecule has 2 atom stereocenters. The van der Waals surface area contributed by atoms with E-state index >= 15 is 0 Å². The van der Waals surface area contributed by atoms with Gasteiger partial charge in [-0.1, -0.05) is 13.8 Å². The predicted octanol–water partition coefficient (Wildman–Crippen LogP) is 3.10. The second-order valence-electron chi connectivity index (χ2n) is 7.45. The molecule has 1 aromatic carbocycles. The van der Waals surface area contributed by atoms with Crippen molar-refractivity contribution in [3.8, 4) is 0 Å². The lowest BCUT2D eigenvalue weighted by atomic mass is 9.92. The number of likely N-dealkylation sites (tertiary alicyclic amines) is 1. The number of hydrogen-bond acceptors (Lipinski definition) is 6. The maximum Gasteiger partial charge on any atom is 0.341 e. The van der Waals surface area contributed by atoms with Gasteiger partial charge in [0.1, 0.15) is 0 Å². The molecule has 2 rings (SSSR count). The van der Waals surface area contributed by atoms with Crippen LogP contribution in [0.2, 0.25) is 0 Å². The molecule has 1 aromatic rings. The first-order valence-electron chi connectivity index (χ1n) is 9.75. The molecule has 1 heterocycles. The molecule has 0 saturated carbocycles. The molecule has 0 spiro atoms. The Morgan fingerprint density at radius 1 is 1.21 bits per heavy atom. The van der Waals surface area contributed by atoms with E-state index in [1.54, 1.807) is 11.0 Å². The largest absolute Gasteiger partial charge is 0.452 e. The van der Waals surface area contributed by atoms with Gasteiger partial charge in [0.25, 0.3) is 11.6 Å². The molecule has 8 nitrogen and oxygen atoms in total. The van der Waals surface area contributed by atoms with Gasteiger partial charge in [-0.05, 0) is 38.2 Å². The van der Waals surface area contributed by atoms with Crippen LogP contribution in [-0.4, -0.2) is 54.5 Å². The van der Waals surface area contributed by atoms with Gasteiger partial charge in [0, 0.05) is 38.3 Å². The summed E-state index contributed by atoms with van der Waals surface area (Å²) in [5.74, 6) is -0.137. The van der Waals surface area contributed by atoms with Gasteiger partial charge < -0.3 is 14.5 Å². The molecule has 154 valence electrons. The summed E-state index contributed by atoms with van der Waals surface area (Å²) >= 11 is 0. The zero-order valence-corrected chi connectivity index (χ0v) is 17.0. The van der Waals surface area contributed by atoms with E-state index in [4.69, 9.17) is 4.74 Å². The third-order valence-corrected chi connectivity index (χ3v) is 5.06. The van der Waals surface area contributed by atoms with Gasteiger partial charge in [-0.3, -0.25) is 14.9 Å². The molecule has 0 unspecified atom stereocenters. The van der Waals surface area contributed by atoms with E-state index in [9.17, 15) is 19.7 Å². The number of nitrogens with zero attached hydrogens (tertiary/aromatic N) is 3. The van der Waals surface area contributed by atoms with Crippen LogP contribution < -0.4 is 4.90 Å². The lowest BCUT2D eigenvalue weighted by molar-refractivity contribution is -0.384. The number of benzene rings is 1. The summed E-state index contributed by atoms with van der Waals surface area (Å²) in [6.07, 6.45) is 1.07. The SMILES string of the molecule is CCN(CC)c1ccc([N+](=O)[O-])cc1C(=O)OCC(=O)N1C[C@H](C)C[C@@H](C)C1. The average Bonchev–Trinajstić information content (AvgIpc) is 2.66. The Kier molecular flexibility index (Phi) is 7.37. The van der Waals surface area contributed by atoms with Crippen LogP contribution in [-0.2, 0) is 9.53 Å². The quantitative estimate of drug-likeness (QED) is 0.403. The number of carbonyl (C=O) groups excluding carboxylic acids is 2. The molecule has 1 amide bonds. The van der Waals surface area contributed by atoms with Crippen LogP contribution >= 0.6 is 0 Å². The second-order valence-corrected chi connectivity index (χ2v) is 7.45. The number of hydrogen-bond donors (Lipinski definition) is 0. The van der Waals surface area contributed by atoms with Crippen LogP contribution in [0.5, 0.6) is 0 Å². The van der Waals surface area contributed by atoms with Crippen LogP contribution in [0.4, 0.5) is 11.4 Å². The Labute approximate surface area is 165 Å². The molecule has 0 N–H and O–H groups in total. The van der Waals surface area contributed by atoms with Gasteiger partial charge in [-0.2, -0.15) is 0 Å². The van der Waals surface area contributed by atoms with Gasteiger partial charge in [0.05, 0.1) is 16.2 Å². The molecule has 1 saturated heterocycles. The number of esters is 1. The molecule has 0 aromatic heterocycles. The second kappa shape index (κ2) is 9.52. The summed E-state index contributed by atoms with van der Waals surface area (Å²) in [5.41, 5.74) is 0.479.